The summed E-state index contributed by atoms with van der Waals surface area (Å²) in [4.78, 5) is 0. The van der Waals surface area contributed by atoms with E-state index in [9.17, 15) is 0 Å². The Morgan fingerprint density at radius 1 is 1.00 bits per heavy atom. The van der Waals surface area contributed by atoms with Crippen LogP contribution in [0.2, 0.25) is 0 Å². The predicted molar refractivity (Wildman–Crippen MR) is 83.0 cm³/mol. The number of hydrogen-bond donors (Lipinski definition) is 0. The molecule has 0 fully saturated rings. The minimum atomic E-state index is 0.539. The summed E-state index contributed by atoms with van der Waals surface area (Å²) in [6.07, 6.45) is 2.20. The van der Waals surface area contributed by atoms with E-state index in [0.29, 0.717) is 6.04 Å². The highest BCUT2D eigenvalue weighted by Gasteiger charge is 2.34. The average molecular weight is 265 g/mol. The monoisotopic (exact) mass is 265 g/mol. The van der Waals surface area contributed by atoms with Crippen LogP contribution in [0.3, 0.4) is 0 Å². The lowest BCUT2D eigenvalue weighted by atomic mass is 9.99. The first kappa shape index (κ1) is 12.9. The zero-order chi connectivity index (χ0) is 13.9. The number of likely N-dealkylation sites (N-methyl/N-ethyl adjacent to an activating group) is 1. The van der Waals surface area contributed by atoms with Gasteiger partial charge in [-0.25, -0.2) is 0 Å². The van der Waals surface area contributed by atoms with Crippen molar-refractivity contribution in [2.45, 2.75) is 18.9 Å². The van der Waals surface area contributed by atoms with Gasteiger partial charge < -0.3 is 0 Å². The molecule has 102 valence electrons. The fraction of sp³-hybridized carbons (Fsp3) is 0.278. The molecule has 1 heterocycles. The van der Waals surface area contributed by atoms with E-state index in [1.807, 2.05) is 0 Å². The van der Waals surface area contributed by atoms with Crippen LogP contribution in [-0.2, 0) is 6.42 Å². The lowest BCUT2D eigenvalue weighted by Crippen LogP contribution is -2.33. The van der Waals surface area contributed by atoms with Gasteiger partial charge in [-0.3, -0.25) is 0 Å². The van der Waals surface area contributed by atoms with Gasteiger partial charge in [0.25, 0.3) is 0 Å². The van der Waals surface area contributed by atoms with Gasteiger partial charge in [-0.05, 0) is 24.1 Å². The van der Waals surface area contributed by atoms with Crippen molar-refractivity contribution < 1.29 is 4.68 Å². The van der Waals surface area contributed by atoms with Crippen molar-refractivity contribution in [2.75, 3.05) is 14.1 Å². The minimum Gasteiger partial charge on any atom is -0.185 e. The van der Waals surface area contributed by atoms with Gasteiger partial charge in [-0.1, -0.05) is 48.5 Å². The molecular formula is C18H21N2+. The van der Waals surface area contributed by atoms with Crippen molar-refractivity contribution in [3.05, 3.63) is 71.8 Å². The number of hydrogen-bond acceptors (Lipinski definition) is 1. The van der Waals surface area contributed by atoms with E-state index in [1.165, 1.54) is 16.8 Å². The zero-order valence-electron chi connectivity index (χ0n) is 12.2. The van der Waals surface area contributed by atoms with Crippen molar-refractivity contribution in [1.29, 1.82) is 0 Å². The van der Waals surface area contributed by atoms with Crippen LogP contribution in [0.4, 0.5) is 0 Å². The van der Waals surface area contributed by atoms with Gasteiger partial charge in [0.2, 0.25) is 5.71 Å². The summed E-state index contributed by atoms with van der Waals surface area (Å²) in [5, 5.41) is 2.36. The summed E-state index contributed by atoms with van der Waals surface area (Å²) in [5.41, 5.74) is 4.15. The van der Waals surface area contributed by atoms with E-state index in [-0.39, 0.29) is 0 Å². The van der Waals surface area contributed by atoms with Gasteiger partial charge in [0.1, 0.15) is 0 Å². The molecule has 2 aromatic rings. The van der Waals surface area contributed by atoms with E-state index >= 15 is 0 Å². The lowest BCUT2D eigenvalue weighted by Gasteiger charge is -2.16. The predicted octanol–water partition coefficient (Wildman–Crippen LogP) is 2.98. The van der Waals surface area contributed by atoms with Crippen LogP contribution in [0, 0.1) is 0 Å². The molecule has 3 rings (SSSR count). The molecule has 0 amide bonds. The van der Waals surface area contributed by atoms with Crippen molar-refractivity contribution >= 4 is 5.71 Å². The summed E-state index contributed by atoms with van der Waals surface area (Å²) in [7, 11) is 4.34. The van der Waals surface area contributed by atoms with Gasteiger partial charge in [-0.2, -0.15) is 5.01 Å². The summed E-state index contributed by atoms with van der Waals surface area (Å²) in [6, 6.07) is 22.0. The first-order valence-electron chi connectivity index (χ1n) is 7.17. The van der Waals surface area contributed by atoms with Crippen molar-refractivity contribution in [1.82, 2.24) is 5.01 Å². The van der Waals surface area contributed by atoms with Crippen LogP contribution in [0.25, 0.3) is 0 Å². The van der Waals surface area contributed by atoms with E-state index < -0.39 is 0 Å². The summed E-state index contributed by atoms with van der Waals surface area (Å²) in [6.45, 7) is 0. The number of hydrazine groups is 1. The van der Waals surface area contributed by atoms with Crippen LogP contribution in [-0.4, -0.2) is 35.5 Å². The molecule has 0 saturated heterocycles. The summed E-state index contributed by atoms with van der Waals surface area (Å²) < 4.78 is 2.29. The Labute approximate surface area is 121 Å². The number of rotatable bonds is 3. The molecule has 2 heteroatoms. The maximum absolute atomic E-state index is 2.36. The highest BCUT2D eigenvalue weighted by atomic mass is 15.6. The Kier molecular flexibility index (Phi) is 3.55. The van der Waals surface area contributed by atoms with Crippen LogP contribution in [0.15, 0.2) is 60.7 Å². The lowest BCUT2D eigenvalue weighted by molar-refractivity contribution is -0.658. The molecule has 1 unspecified atom stereocenters. The molecule has 0 bridgehead atoms. The Morgan fingerprint density at radius 2 is 1.60 bits per heavy atom. The van der Waals surface area contributed by atoms with Gasteiger partial charge in [0.15, 0.2) is 7.05 Å². The second-order valence-corrected chi connectivity index (χ2v) is 5.46. The van der Waals surface area contributed by atoms with Gasteiger partial charge in [0.05, 0.1) is 19.5 Å². The van der Waals surface area contributed by atoms with Crippen molar-refractivity contribution in [2.24, 2.45) is 0 Å². The second-order valence-electron chi connectivity index (χ2n) is 5.46. The largest absolute Gasteiger partial charge is 0.215 e. The quantitative estimate of drug-likeness (QED) is 0.773. The normalized spacial score (nSPS) is 18.7. The molecule has 0 spiro atoms. The molecule has 2 nitrogen and oxygen atoms in total. The third-order valence-electron chi connectivity index (χ3n) is 4.24. The Hall–Kier alpha value is -2.09. The summed E-state index contributed by atoms with van der Waals surface area (Å²) >= 11 is 0. The van der Waals surface area contributed by atoms with E-state index in [1.54, 1.807) is 0 Å². The average Bonchev–Trinajstić information content (AvgIpc) is 2.78. The van der Waals surface area contributed by atoms with E-state index in [0.717, 1.165) is 12.8 Å². The topological polar surface area (TPSA) is 6.25 Å². The van der Waals surface area contributed by atoms with Gasteiger partial charge in [0, 0.05) is 5.56 Å². The highest BCUT2D eigenvalue weighted by Crippen LogP contribution is 2.20. The van der Waals surface area contributed by atoms with Crippen LogP contribution >= 0.6 is 0 Å². The molecule has 2 aromatic carbocycles. The highest BCUT2D eigenvalue weighted by molar-refractivity contribution is 5.97. The molecule has 0 saturated carbocycles. The molecule has 20 heavy (non-hydrogen) atoms. The first-order chi connectivity index (χ1) is 9.75. The Bertz CT molecular complexity index is 602. The molecule has 0 aromatic heterocycles. The van der Waals surface area contributed by atoms with E-state index in [4.69, 9.17) is 0 Å². The minimum absolute atomic E-state index is 0.539. The number of benzene rings is 2. The van der Waals surface area contributed by atoms with Crippen LogP contribution in [0.1, 0.15) is 17.5 Å². The molecule has 0 aliphatic carbocycles. The molecule has 1 aliphatic rings. The second kappa shape index (κ2) is 5.49. The third kappa shape index (κ3) is 2.46. The molecule has 1 aliphatic heterocycles. The Morgan fingerprint density at radius 3 is 2.25 bits per heavy atom. The molecular weight excluding hydrogens is 244 g/mol. The molecule has 0 N–H and O–H groups in total. The first-order valence-corrected chi connectivity index (χ1v) is 7.17. The van der Waals surface area contributed by atoms with Crippen molar-refractivity contribution in [3.8, 4) is 0 Å². The number of nitrogens with zero attached hydrogens (tertiary/aromatic N) is 2. The Balaban J connectivity index is 1.80. The van der Waals surface area contributed by atoms with Crippen molar-refractivity contribution in [3.63, 3.8) is 0 Å². The fourth-order valence-corrected chi connectivity index (χ4v) is 2.95. The number of hydrazone groups is 1. The fourth-order valence-electron chi connectivity index (χ4n) is 2.95. The van der Waals surface area contributed by atoms with E-state index in [2.05, 4.69) is 84.5 Å². The summed E-state index contributed by atoms with van der Waals surface area (Å²) in [5.74, 6) is 0. The molecule has 0 radical (unpaired) electrons. The smallest absolute Gasteiger partial charge is 0.185 e. The zero-order valence-corrected chi connectivity index (χ0v) is 12.2. The van der Waals surface area contributed by atoms with Gasteiger partial charge >= 0.3 is 0 Å². The third-order valence-corrected chi connectivity index (χ3v) is 4.24. The molecule has 1 atom stereocenters. The maximum atomic E-state index is 2.36. The van der Waals surface area contributed by atoms with Crippen LogP contribution < -0.4 is 0 Å². The standard InChI is InChI=1S/C18H21N2/c1-19-17(13-15-9-5-3-6-10-15)14-18(20(19)2)16-11-7-4-8-12-16/h3-12,17H,13-14H2,1-2H3/q+1. The van der Waals surface area contributed by atoms with Gasteiger partial charge in [-0.15, -0.1) is 4.68 Å². The maximum Gasteiger partial charge on any atom is 0.215 e. The van der Waals surface area contributed by atoms with Crippen LogP contribution in [0.5, 0.6) is 0 Å². The SMILES string of the molecule is CN1C(Cc2ccccc2)CC(c2ccccc2)=[N+]1C.